The van der Waals surface area contributed by atoms with Crippen molar-refractivity contribution in [3.63, 3.8) is 0 Å². The van der Waals surface area contributed by atoms with Crippen molar-refractivity contribution >= 4 is 11.6 Å². The van der Waals surface area contributed by atoms with Gasteiger partial charge in [-0.15, -0.1) is 6.54 Å². The SMILES string of the molecule is C[N-]Cc1ccc(C)c(Cl)c1. The number of rotatable bonds is 2. The number of nitrogens with zero attached hydrogens (tertiary/aromatic N) is 1. The Morgan fingerprint density at radius 2 is 2.18 bits per heavy atom. The van der Waals surface area contributed by atoms with Gasteiger partial charge in [0.25, 0.3) is 0 Å². The molecule has 1 aromatic carbocycles. The van der Waals surface area contributed by atoms with Crippen LogP contribution in [0.5, 0.6) is 0 Å². The number of hydrogen-bond acceptors (Lipinski definition) is 0. The Morgan fingerprint density at radius 1 is 1.45 bits per heavy atom. The van der Waals surface area contributed by atoms with Gasteiger partial charge < -0.3 is 5.32 Å². The molecule has 0 heterocycles. The molecule has 0 spiro atoms. The highest BCUT2D eigenvalue weighted by Gasteiger charge is 1.92. The van der Waals surface area contributed by atoms with Crippen LogP contribution in [0.1, 0.15) is 11.1 Å². The molecule has 1 aromatic rings. The summed E-state index contributed by atoms with van der Waals surface area (Å²) in [5, 5.41) is 4.84. The Labute approximate surface area is 72.4 Å². The molecule has 1 rings (SSSR count). The summed E-state index contributed by atoms with van der Waals surface area (Å²) < 4.78 is 0. The molecule has 0 aliphatic heterocycles. The third kappa shape index (κ3) is 2.21. The van der Waals surface area contributed by atoms with Crippen molar-refractivity contribution in [2.24, 2.45) is 0 Å². The molecule has 60 valence electrons. The van der Waals surface area contributed by atoms with Crippen LogP contribution in [0.4, 0.5) is 0 Å². The van der Waals surface area contributed by atoms with Crippen molar-refractivity contribution < 1.29 is 0 Å². The van der Waals surface area contributed by atoms with Gasteiger partial charge in [0.05, 0.1) is 0 Å². The van der Waals surface area contributed by atoms with Crippen molar-refractivity contribution in [3.8, 4) is 0 Å². The predicted molar refractivity (Wildman–Crippen MR) is 49.2 cm³/mol. The monoisotopic (exact) mass is 168 g/mol. The minimum Gasteiger partial charge on any atom is -0.661 e. The summed E-state index contributed by atoms with van der Waals surface area (Å²) in [5.41, 5.74) is 2.29. The van der Waals surface area contributed by atoms with Crippen LogP contribution in [0.2, 0.25) is 5.02 Å². The summed E-state index contributed by atoms with van der Waals surface area (Å²) in [6.45, 7) is 2.75. The van der Waals surface area contributed by atoms with Gasteiger partial charge >= 0.3 is 0 Å². The number of halogens is 1. The normalized spacial score (nSPS) is 10.1. The third-order valence-electron chi connectivity index (χ3n) is 1.58. The molecular weight excluding hydrogens is 158 g/mol. The lowest BCUT2D eigenvalue weighted by Gasteiger charge is -2.11. The summed E-state index contributed by atoms with van der Waals surface area (Å²) in [6.07, 6.45) is 0. The first-order valence-electron chi connectivity index (χ1n) is 3.54. The lowest BCUT2D eigenvalue weighted by molar-refractivity contribution is 1.18. The molecule has 0 aliphatic carbocycles. The smallest absolute Gasteiger partial charge is 0.0437 e. The van der Waals surface area contributed by atoms with Gasteiger partial charge in [0.2, 0.25) is 0 Å². The van der Waals surface area contributed by atoms with E-state index in [0.717, 1.165) is 17.1 Å². The van der Waals surface area contributed by atoms with Gasteiger partial charge in [-0.25, -0.2) is 0 Å². The van der Waals surface area contributed by atoms with Crippen LogP contribution in [0, 0.1) is 6.92 Å². The number of hydrogen-bond donors (Lipinski definition) is 0. The first-order chi connectivity index (χ1) is 5.24. The van der Waals surface area contributed by atoms with Gasteiger partial charge in [-0.2, -0.15) is 7.05 Å². The molecule has 0 bridgehead atoms. The quantitative estimate of drug-likeness (QED) is 0.644. The maximum atomic E-state index is 5.91. The molecule has 11 heavy (non-hydrogen) atoms. The lowest BCUT2D eigenvalue weighted by Crippen LogP contribution is -1.83. The van der Waals surface area contributed by atoms with Crippen LogP contribution >= 0.6 is 11.6 Å². The minimum atomic E-state index is 0.750. The molecule has 0 atom stereocenters. The van der Waals surface area contributed by atoms with E-state index in [4.69, 9.17) is 11.6 Å². The van der Waals surface area contributed by atoms with Gasteiger partial charge in [-0.1, -0.05) is 29.3 Å². The lowest BCUT2D eigenvalue weighted by atomic mass is 10.1. The summed E-state index contributed by atoms with van der Waals surface area (Å²) in [6, 6.07) is 6.03. The molecule has 0 aromatic heterocycles. The average molecular weight is 169 g/mol. The maximum Gasteiger partial charge on any atom is 0.0437 e. The van der Waals surface area contributed by atoms with E-state index in [1.165, 1.54) is 5.56 Å². The zero-order chi connectivity index (χ0) is 8.27. The van der Waals surface area contributed by atoms with Crippen LogP contribution < -0.4 is 0 Å². The zero-order valence-electron chi connectivity index (χ0n) is 6.76. The number of aryl methyl sites for hydroxylation is 1. The summed E-state index contributed by atoms with van der Waals surface area (Å²) in [7, 11) is 1.80. The fourth-order valence-electron chi connectivity index (χ4n) is 0.917. The molecule has 0 unspecified atom stereocenters. The Bertz CT molecular complexity index is 245. The molecule has 0 amide bonds. The van der Waals surface area contributed by atoms with Crippen molar-refractivity contribution in [1.29, 1.82) is 0 Å². The molecule has 2 heteroatoms. The Kier molecular flexibility index (Phi) is 2.92. The molecule has 0 saturated carbocycles. The van der Waals surface area contributed by atoms with Crippen LogP contribution in [0.25, 0.3) is 5.32 Å². The highest BCUT2D eigenvalue weighted by atomic mass is 35.5. The predicted octanol–water partition coefficient (Wildman–Crippen LogP) is 3.15. The first kappa shape index (κ1) is 8.57. The summed E-state index contributed by atoms with van der Waals surface area (Å²) in [5.74, 6) is 0. The number of benzene rings is 1. The topological polar surface area (TPSA) is 14.1 Å². The molecular formula is C9H11ClN-. The zero-order valence-corrected chi connectivity index (χ0v) is 7.52. The highest BCUT2D eigenvalue weighted by Crippen LogP contribution is 2.17. The van der Waals surface area contributed by atoms with Gasteiger partial charge in [0, 0.05) is 5.02 Å². The average Bonchev–Trinajstić information content (AvgIpc) is 1.98. The fraction of sp³-hybridized carbons (Fsp3) is 0.333. The Hall–Kier alpha value is -0.530. The van der Waals surface area contributed by atoms with E-state index < -0.39 is 0 Å². The van der Waals surface area contributed by atoms with Crippen LogP contribution in [-0.4, -0.2) is 7.05 Å². The van der Waals surface area contributed by atoms with E-state index in [0.29, 0.717) is 0 Å². The van der Waals surface area contributed by atoms with E-state index >= 15 is 0 Å². The summed E-state index contributed by atoms with van der Waals surface area (Å²) >= 11 is 5.91. The Balaban J connectivity index is 2.86. The van der Waals surface area contributed by atoms with Crippen molar-refractivity contribution in [3.05, 3.63) is 39.7 Å². The minimum absolute atomic E-state index is 0.750. The van der Waals surface area contributed by atoms with E-state index in [9.17, 15) is 0 Å². The van der Waals surface area contributed by atoms with Crippen molar-refractivity contribution in [1.82, 2.24) is 0 Å². The molecule has 0 saturated heterocycles. The van der Waals surface area contributed by atoms with E-state index in [1.807, 2.05) is 25.1 Å². The van der Waals surface area contributed by atoms with Gasteiger partial charge in [-0.05, 0) is 18.6 Å². The molecule has 0 aliphatic rings. The van der Waals surface area contributed by atoms with E-state index in [-0.39, 0.29) is 0 Å². The molecule has 1 nitrogen and oxygen atoms in total. The van der Waals surface area contributed by atoms with Crippen molar-refractivity contribution in [2.75, 3.05) is 7.05 Å². The fourth-order valence-corrected chi connectivity index (χ4v) is 1.12. The van der Waals surface area contributed by atoms with Gasteiger partial charge in [0.1, 0.15) is 0 Å². The Morgan fingerprint density at radius 3 is 2.73 bits per heavy atom. The van der Waals surface area contributed by atoms with Gasteiger partial charge in [-0.3, -0.25) is 0 Å². The second kappa shape index (κ2) is 3.74. The molecule has 0 radical (unpaired) electrons. The second-order valence-corrected chi connectivity index (χ2v) is 2.97. The maximum absolute atomic E-state index is 5.91. The molecule has 0 N–H and O–H groups in total. The third-order valence-corrected chi connectivity index (χ3v) is 1.98. The van der Waals surface area contributed by atoms with E-state index in [1.54, 1.807) is 7.05 Å². The van der Waals surface area contributed by atoms with E-state index in [2.05, 4.69) is 5.32 Å². The first-order valence-corrected chi connectivity index (χ1v) is 3.92. The van der Waals surface area contributed by atoms with Gasteiger partial charge in [0.15, 0.2) is 0 Å². The second-order valence-electron chi connectivity index (χ2n) is 2.56. The van der Waals surface area contributed by atoms with Crippen LogP contribution in [-0.2, 0) is 6.54 Å². The highest BCUT2D eigenvalue weighted by molar-refractivity contribution is 6.31. The molecule has 0 fully saturated rings. The van der Waals surface area contributed by atoms with Crippen LogP contribution in [0.3, 0.4) is 0 Å². The standard InChI is InChI=1S/C9H11ClN/c1-7-3-4-8(6-11-2)5-9(7)10/h3-5H,6H2,1-2H3/q-1. The summed E-state index contributed by atoms with van der Waals surface area (Å²) in [4.78, 5) is 0. The van der Waals surface area contributed by atoms with Crippen molar-refractivity contribution in [2.45, 2.75) is 13.5 Å². The van der Waals surface area contributed by atoms with Crippen LogP contribution in [0.15, 0.2) is 18.2 Å². The largest absolute Gasteiger partial charge is 0.661 e.